The summed E-state index contributed by atoms with van der Waals surface area (Å²) in [6.45, 7) is 3.08. The highest BCUT2D eigenvalue weighted by molar-refractivity contribution is 7.59. The van der Waals surface area contributed by atoms with Crippen molar-refractivity contribution in [3.63, 3.8) is 0 Å². The van der Waals surface area contributed by atoms with Gasteiger partial charge in [0.15, 0.2) is 0 Å². The normalized spacial score (nSPS) is 21.4. The van der Waals surface area contributed by atoms with Crippen molar-refractivity contribution >= 4 is 7.37 Å². The summed E-state index contributed by atoms with van der Waals surface area (Å²) in [5, 5.41) is 0. The van der Waals surface area contributed by atoms with Crippen LogP contribution in [0.25, 0.3) is 0 Å². The van der Waals surface area contributed by atoms with Crippen LogP contribution in [0, 0.1) is 5.92 Å². The van der Waals surface area contributed by atoms with Crippen LogP contribution in [0.1, 0.15) is 26.2 Å². The summed E-state index contributed by atoms with van der Waals surface area (Å²) in [6, 6.07) is 0. The lowest BCUT2D eigenvalue weighted by atomic mass is 10.5. The van der Waals surface area contributed by atoms with E-state index in [1.165, 1.54) is 12.8 Å². The van der Waals surface area contributed by atoms with Crippen LogP contribution in [0.4, 0.5) is 0 Å². The third kappa shape index (κ3) is 4.26. The molecule has 1 fully saturated rings. The van der Waals surface area contributed by atoms with Crippen LogP contribution in [0.3, 0.4) is 0 Å². The topological polar surface area (TPSA) is 52.3 Å². The zero-order chi connectivity index (χ0) is 9.73. The quantitative estimate of drug-likeness (QED) is 0.647. The van der Waals surface area contributed by atoms with Gasteiger partial charge in [-0.05, 0) is 38.6 Å². The van der Waals surface area contributed by atoms with Gasteiger partial charge in [0.05, 0.1) is 6.61 Å². The van der Waals surface area contributed by atoms with Gasteiger partial charge in [-0.1, -0.05) is 0 Å². The predicted molar refractivity (Wildman–Crippen MR) is 55.4 cm³/mol. The molecule has 0 amide bonds. The average Bonchev–Trinajstić information content (AvgIpc) is 2.85. The van der Waals surface area contributed by atoms with Gasteiger partial charge < -0.3 is 10.3 Å². The SMILES string of the molecule is CCOP(=O)(CCCN)CC1CC1. The monoisotopic (exact) mass is 205 g/mol. The molecule has 1 unspecified atom stereocenters. The molecular weight excluding hydrogens is 185 g/mol. The Balaban J connectivity index is 2.35. The summed E-state index contributed by atoms with van der Waals surface area (Å²) in [5.74, 6) is 0.676. The number of rotatable bonds is 7. The van der Waals surface area contributed by atoms with E-state index in [0.29, 0.717) is 25.2 Å². The van der Waals surface area contributed by atoms with Crippen molar-refractivity contribution in [2.24, 2.45) is 11.7 Å². The van der Waals surface area contributed by atoms with Crippen molar-refractivity contribution in [2.45, 2.75) is 26.2 Å². The summed E-state index contributed by atoms with van der Waals surface area (Å²) >= 11 is 0. The second kappa shape index (κ2) is 5.14. The largest absolute Gasteiger partial charge is 0.330 e. The van der Waals surface area contributed by atoms with Gasteiger partial charge in [0.25, 0.3) is 0 Å². The molecule has 1 aliphatic rings. The van der Waals surface area contributed by atoms with E-state index >= 15 is 0 Å². The number of hydrogen-bond donors (Lipinski definition) is 1. The van der Waals surface area contributed by atoms with Crippen LogP contribution in [0.5, 0.6) is 0 Å². The highest BCUT2D eigenvalue weighted by Gasteiger charge is 2.32. The molecule has 2 N–H and O–H groups in total. The summed E-state index contributed by atoms with van der Waals surface area (Å²) in [4.78, 5) is 0. The van der Waals surface area contributed by atoms with E-state index < -0.39 is 7.37 Å². The highest BCUT2D eigenvalue weighted by Crippen LogP contribution is 2.53. The van der Waals surface area contributed by atoms with Gasteiger partial charge in [0.1, 0.15) is 0 Å². The van der Waals surface area contributed by atoms with Gasteiger partial charge in [0, 0.05) is 12.3 Å². The Kier molecular flexibility index (Phi) is 4.43. The Hall–Kier alpha value is 0.150. The molecule has 1 saturated carbocycles. The zero-order valence-corrected chi connectivity index (χ0v) is 9.26. The van der Waals surface area contributed by atoms with Gasteiger partial charge in [-0.25, -0.2) is 0 Å². The van der Waals surface area contributed by atoms with Gasteiger partial charge in [-0.2, -0.15) is 0 Å². The summed E-state index contributed by atoms with van der Waals surface area (Å²) in [7, 11) is -2.31. The van der Waals surface area contributed by atoms with Crippen molar-refractivity contribution in [3.05, 3.63) is 0 Å². The summed E-state index contributed by atoms with van der Waals surface area (Å²) in [6.07, 6.45) is 4.76. The average molecular weight is 205 g/mol. The summed E-state index contributed by atoms with van der Waals surface area (Å²) < 4.78 is 17.5. The standard InChI is InChI=1S/C9H20NO2P/c1-2-12-13(11,7-3-6-10)8-9-4-5-9/h9H,2-8,10H2,1H3. The molecular formula is C9H20NO2P. The lowest BCUT2D eigenvalue weighted by molar-refractivity contribution is 0.331. The molecule has 0 aromatic heterocycles. The fraction of sp³-hybridized carbons (Fsp3) is 1.00. The van der Waals surface area contributed by atoms with Crippen LogP contribution >= 0.6 is 7.37 Å². The van der Waals surface area contributed by atoms with E-state index in [1.54, 1.807) is 0 Å². The minimum Gasteiger partial charge on any atom is -0.330 e. The van der Waals surface area contributed by atoms with Crippen LogP contribution in [0.15, 0.2) is 0 Å². The third-order valence-electron chi connectivity index (χ3n) is 2.30. The van der Waals surface area contributed by atoms with Crippen molar-refractivity contribution < 1.29 is 9.09 Å². The first kappa shape index (κ1) is 11.2. The van der Waals surface area contributed by atoms with E-state index in [-0.39, 0.29) is 0 Å². The van der Waals surface area contributed by atoms with E-state index in [9.17, 15) is 4.57 Å². The molecule has 0 spiro atoms. The van der Waals surface area contributed by atoms with Crippen LogP contribution in [0.2, 0.25) is 0 Å². The molecule has 0 aromatic carbocycles. The molecule has 13 heavy (non-hydrogen) atoms. The summed E-state index contributed by atoms with van der Waals surface area (Å²) in [5.41, 5.74) is 5.40. The third-order valence-corrected chi connectivity index (χ3v) is 5.10. The van der Waals surface area contributed by atoms with Crippen molar-refractivity contribution in [1.82, 2.24) is 0 Å². The van der Waals surface area contributed by atoms with Gasteiger partial charge in [-0.15, -0.1) is 0 Å². The first-order valence-electron chi connectivity index (χ1n) is 5.13. The minimum absolute atomic E-state index is 0.564. The fourth-order valence-electron chi connectivity index (χ4n) is 1.47. The maximum absolute atomic E-state index is 12.1. The predicted octanol–water partition coefficient (Wildman–Crippen LogP) is 2.06. The Morgan fingerprint density at radius 1 is 1.54 bits per heavy atom. The Morgan fingerprint density at radius 2 is 2.23 bits per heavy atom. The Bertz CT molecular complexity index is 192. The van der Waals surface area contributed by atoms with Gasteiger partial charge in [-0.3, -0.25) is 4.57 Å². The molecule has 3 nitrogen and oxygen atoms in total. The van der Waals surface area contributed by atoms with Crippen molar-refractivity contribution in [2.75, 3.05) is 25.5 Å². The zero-order valence-electron chi connectivity index (χ0n) is 8.37. The van der Waals surface area contributed by atoms with E-state index in [4.69, 9.17) is 10.3 Å². The molecule has 1 aliphatic carbocycles. The van der Waals surface area contributed by atoms with E-state index in [0.717, 1.165) is 12.6 Å². The fourth-order valence-corrected chi connectivity index (χ4v) is 4.17. The molecule has 0 heterocycles. The minimum atomic E-state index is -2.31. The number of hydrogen-bond acceptors (Lipinski definition) is 3. The molecule has 0 bridgehead atoms. The maximum Gasteiger partial charge on any atom is 0.203 e. The molecule has 1 rings (SSSR count). The Labute approximate surface area is 80.5 Å². The first-order valence-corrected chi connectivity index (χ1v) is 7.12. The molecule has 78 valence electrons. The molecule has 0 aliphatic heterocycles. The molecule has 1 atom stereocenters. The smallest absolute Gasteiger partial charge is 0.203 e. The van der Waals surface area contributed by atoms with E-state index in [1.807, 2.05) is 6.92 Å². The molecule has 0 radical (unpaired) electrons. The van der Waals surface area contributed by atoms with Crippen molar-refractivity contribution in [1.29, 1.82) is 0 Å². The lowest BCUT2D eigenvalue weighted by Crippen LogP contribution is -2.07. The Morgan fingerprint density at radius 3 is 2.69 bits per heavy atom. The van der Waals surface area contributed by atoms with E-state index in [2.05, 4.69) is 0 Å². The van der Waals surface area contributed by atoms with Gasteiger partial charge in [0.2, 0.25) is 7.37 Å². The van der Waals surface area contributed by atoms with Crippen LogP contribution in [-0.2, 0) is 9.09 Å². The van der Waals surface area contributed by atoms with Crippen LogP contribution < -0.4 is 5.73 Å². The molecule has 0 saturated heterocycles. The second-order valence-corrected chi connectivity index (χ2v) is 6.42. The molecule has 0 aromatic rings. The number of nitrogens with two attached hydrogens (primary N) is 1. The maximum atomic E-state index is 12.1. The molecule has 4 heteroatoms. The first-order chi connectivity index (χ1) is 6.20. The van der Waals surface area contributed by atoms with Crippen LogP contribution in [-0.4, -0.2) is 25.5 Å². The van der Waals surface area contributed by atoms with Gasteiger partial charge >= 0.3 is 0 Å². The van der Waals surface area contributed by atoms with Crippen molar-refractivity contribution in [3.8, 4) is 0 Å². The highest BCUT2D eigenvalue weighted by atomic mass is 31.2. The lowest BCUT2D eigenvalue weighted by Gasteiger charge is -2.16. The second-order valence-electron chi connectivity index (χ2n) is 3.72.